The molecule has 0 bridgehead atoms. The van der Waals surface area contributed by atoms with Crippen LogP contribution >= 0.6 is 0 Å². The van der Waals surface area contributed by atoms with Gasteiger partial charge in [-0.1, -0.05) is 29.4 Å². The predicted octanol–water partition coefficient (Wildman–Crippen LogP) is 1.94. The number of carbonyl (C=O) groups is 1. The maximum Gasteiger partial charge on any atom is 0.273 e. The fourth-order valence-corrected chi connectivity index (χ4v) is 4.89. The number of aromatic nitrogens is 1. The average molecular weight is 399 g/mol. The smallest absolute Gasteiger partial charge is 0.273 e. The lowest BCUT2D eigenvalue weighted by Gasteiger charge is -2.48. The Labute approximate surface area is 171 Å². The number of aliphatic hydroxyl groups is 1. The fourth-order valence-electron chi connectivity index (χ4n) is 4.89. The Hall–Kier alpha value is -2.22. The van der Waals surface area contributed by atoms with Crippen molar-refractivity contribution in [1.29, 1.82) is 0 Å². The summed E-state index contributed by atoms with van der Waals surface area (Å²) in [6, 6.07) is 9.94. The molecular formula is C22H30N4O3. The molecule has 2 aliphatic rings. The molecule has 2 fully saturated rings. The van der Waals surface area contributed by atoms with E-state index in [-0.39, 0.29) is 24.1 Å². The lowest BCUT2D eigenvalue weighted by molar-refractivity contribution is 0.0352. The zero-order valence-electron chi connectivity index (χ0n) is 17.2. The largest absolute Gasteiger partial charge is 0.392 e. The van der Waals surface area contributed by atoms with Gasteiger partial charge in [-0.05, 0) is 50.9 Å². The summed E-state index contributed by atoms with van der Waals surface area (Å²) in [5.41, 5.74) is 2.48. The van der Waals surface area contributed by atoms with Gasteiger partial charge in [0.1, 0.15) is 5.76 Å². The SMILES string of the molecule is Cc1cc(C(=O)NC2CCN(C)C23CCCN(Cc2ccc(CO)cc2)C3)no1. The van der Waals surface area contributed by atoms with Crippen molar-refractivity contribution < 1.29 is 14.4 Å². The van der Waals surface area contributed by atoms with Crippen molar-refractivity contribution in [3.63, 3.8) is 0 Å². The van der Waals surface area contributed by atoms with Crippen LogP contribution in [0.25, 0.3) is 0 Å². The summed E-state index contributed by atoms with van der Waals surface area (Å²) >= 11 is 0. The highest BCUT2D eigenvalue weighted by atomic mass is 16.5. The molecule has 2 saturated heterocycles. The molecule has 2 aliphatic heterocycles. The number of rotatable bonds is 5. The van der Waals surface area contributed by atoms with Crippen LogP contribution in [0.1, 0.15) is 46.6 Å². The quantitative estimate of drug-likeness (QED) is 0.801. The summed E-state index contributed by atoms with van der Waals surface area (Å²) < 4.78 is 5.06. The van der Waals surface area contributed by atoms with E-state index in [1.807, 2.05) is 12.1 Å². The van der Waals surface area contributed by atoms with Gasteiger partial charge in [-0.2, -0.15) is 0 Å². The Balaban J connectivity index is 1.46. The van der Waals surface area contributed by atoms with Gasteiger partial charge < -0.3 is 14.9 Å². The number of aliphatic hydroxyl groups excluding tert-OH is 1. The van der Waals surface area contributed by atoms with Crippen LogP contribution in [-0.4, -0.2) is 64.2 Å². The van der Waals surface area contributed by atoms with E-state index in [9.17, 15) is 9.90 Å². The first-order valence-corrected chi connectivity index (χ1v) is 10.4. The third kappa shape index (κ3) is 4.08. The topological polar surface area (TPSA) is 81.8 Å². The molecule has 0 aliphatic carbocycles. The van der Waals surface area contributed by atoms with Gasteiger partial charge in [0.2, 0.25) is 0 Å². The summed E-state index contributed by atoms with van der Waals surface area (Å²) in [6.07, 6.45) is 3.12. The van der Waals surface area contributed by atoms with Crippen molar-refractivity contribution >= 4 is 5.91 Å². The number of hydrogen-bond donors (Lipinski definition) is 2. The zero-order chi connectivity index (χ0) is 20.4. The van der Waals surface area contributed by atoms with Gasteiger partial charge in [0.25, 0.3) is 5.91 Å². The van der Waals surface area contributed by atoms with E-state index in [0.29, 0.717) is 11.5 Å². The minimum absolute atomic E-state index is 0.0578. The van der Waals surface area contributed by atoms with E-state index >= 15 is 0 Å². The van der Waals surface area contributed by atoms with E-state index in [2.05, 4.69) is 39.5 Å². The Morgan fingerprint density at radius 1 is 1.31 bits per heavy atom. The number of benzene rings is 1. The molecule has 0 radical (unpaired) electrons. The third-order valence-corrected chi connectivity index (χ3v) is 6.52. The molecule has 3 heterocycles. The molecule has 1 aromatic heterocycles. The van der Waals surface area contributed by atoms with Crippen molar-refractivity contribution in [2.24, 2.45) is 0 Å². The first kappa shape index (κ1) is 20.1. The molecule has 4 rings (SSSR count). The Morgan fingerprint density at radius 2 is 2.07 bits per heavy atom. The lowest BCUT2D eigenvalue weighted by Crippen LogP contribution is -2.63. The number of hydrogen-bond acceptors (Lipinski definition) is 6. The number of aryl methyl sites for hydroxylation is 1. The average Bonchev–Trinajstić information content (AvgIpc) is 3.28. The molecule has 2 unspecified atom stereocenters. The summed E-state index contributed by atoms with van der Waals surface area (Å²) in [5, 5.41) is 16.4. The lowest BCUT2D eigenvalue weighted by atomic mass is 9.82. The van der Waals surface area contributed by atoms with E-state index < -0.39 is 0 Å². The normalized spacial score (nSPS) is 25.6. The fraction of sp³-hybridized carbons (Fsp3) is 0.545. The second kappa shape index (κ2) is 8.26. The number of nitrogens with zero attached hydrogens (tertiary/aromatic N) is 3. The second-order valence-electron chi connectivity index (χ2n) is 8.45. The molecule has 29 heavy (non-hydrogen) atoms. The monoisotopic (exact) mass is 398 g/mol. The van der Waals surface area contributed by atoms with Gasteiger partial charge >= 0.3 is 0 Å². The van der Waals surface area contributed by atoms with Crippen LogP contribution in [0.4, 0.5) is 0 Å². The van der Waals surface area contributed by atoms with Crippen LogP contribution in [0.15, 0.2) is 34.9 Å². The van der Waals surface area contributed by atoms with Crippen molar-refractivity contribution in [1.82, 2.24) is 20.3 Å². The Bertz CT molecular complexity index is 850. The summed E-state index contributed by atoms with van der Waals surface area (Å²) in [4.78, 5) is 17.6. The molecule has 2 aromatic rings. The number of piperidine rings is 1. The molecule has 7 heteroatoms. The third-order valence-electron chi connectivity index (χ3n) is 6.52. The van der Waals surface area contributed by atoms with E-state index in [1.54, 1.807) is 13.0 Å². The van der Waals surface area contributed by atoms with Gasteiger partial charge in [0.05, 0.1) is 18.2 Å². The molecule has 1 amide bonds. The van der Waals surface area contributed by atoms with Crippen LogP contribution < -0.4 is 5.32 Å². The van der Waals surface area contributed by atoms with Crippen LogP contribution in [0, 0.1) is 6.92 Å². The van der Waals surface area contributed by atoms with Crippen LogP contribution in [0.5, 0.6) is 0 Å². The van der Waals surface area contributed by atoms with E-state index in [0.717, 1.165) is 51.0 Å². The predicted molar refractivity (Wildman–Crippen MR) is 109 cm³/mol. The Kier molecular flexibility index (Phi) is 5.72. The number of nitrogens with one attached hydrogen (secondary N) is 1. The standard InChI is InChI=1S/C22H30N4O3/c1-16-12-19(24-29-16)21(28)23-20-8-11-25(2)22(20)9-3-10-26(15-22)13-17-4-6-18(14-27)7-5-17/h4-7,12,20,27H,3,8-11,13-15H2,1-2H3,(H,23,28). The summed E-state index contributed by atoms with van der Waals surface area (Å²) in [7, 11) is 2.17. The van der Waals surface area contributed by atoms with Gasteiger partial charge in [-0.15, -0.1) is 0 Å². The van der Waals surface area contributed by atoms with Gasteiger partial charge in [-0.25, -0.2) is 0 Å². The van der Waals surface area contributed by atoms with Crippen molar-refractivity contribution in [2.45, 2.75) is 50.9 Å². The molecular weight excluding hydrogens is 368 g/mol. The van der Waals surface area contributed by atoms with Crippen LogP contribution in [0.3, 0.4) is 0 Å². The first-order valence-electron chi connectivity index (χ1n) is 10.4. The van der Waals surface area contributed by atoms with Gasteiger partial charge in [-0.3, -0.25) is 14.6 Å². The Morgan fingerprint density at radius 3 is 2.76 bits per heavy atom. The molecule has 2 atom stereocenters. The molecule has 156 valence electrons. The molecule has 7 nitrogen and oxygen atoms in total. The van der Waals surface area contributed by atoms with E-state index in [1.165, 1.54) is 5.56 Å². The van der Waals surface area contributed by atoms with E-state index in [4.69, 9.17) is 4.52 Å². The van der Waals surface area contributed by atoms with Gasteiger partial charge in [0, 0.05) is 25.7 Å². The number of carbonyl (C=O) groups excluding carboxylic acids is 1. The molecule has 1 spiro atoms. The minimum atomic E-state index is -0.154. The molecule has 0 saturated carbocycles. The summed E-state index contributed by atoms with van der Waals surface area (Å²) in [5.74, 6) is 0.489. The van der Waals surface area contributed by atoms with Crippen molar-refractivity contribution in [3.05, 3.63) is 52.9 Å². The zero-order valence-corrected chi connectivity index (χ0v) is 17.2. The highest BCUT2D eigenvalue weighted by Gasteiger charge is 2.49. The van der Waals surface area contributed by atoms with Crippen LogP contribution in [0.2, 0.25) is 0 Å². The highest BCUT2D eigenvalue weighted by Crippen LogP contribution is 2.37. The maximum atomic E-state index is 12.7. The number of likely N-dealkylation sites (N-methyl/N-ethyl adjacent to an activating group) is 1. The highest BCUT2D eigenvalue weighted by molar-refractivity contribution is 5.92. The number of amides is 1. The molecule has 1 aromatic carbocycles. The summed E-state index contributed by atoms with van der Waals surface area (Å²) in [6.45, 7) is 5.70. The second-order valence-corrected chi connectivity index (χ2v) is 8.45. The van der Waals surface area contributed by atoms with Gasteiger partial charge in [0.15, 0.2) is 5.69 Å². The minimum Gasteiger partial charge on any atom is -0.392 e. The maximum absolute atomic E-state index is 12.7. The first-order chi connectivity index (χ1) is 14.0. The molecule has 2 N–H and O–H groups in total. The van der Waals surface area contributed by atoms with Crippen molar-refractivity contribution in [3.8, 4) is 0 Å². The van der Waals surface area contributed by atoms with Crippen LogP contribution in [-0.2, 0) is 13.2 Å². The number of likely N-dealkylation sites (tertiary alicyclic amines) is 2. The van der Waals surface area contributed by atoms with Crippen molar-refractivity contribution in [2.75, 3.05) is 26.7 Å².